The zero-order valence-electron chi connectivity index (χ0n) is 12.9. The van der Waals surface area contributed by atoms with E-state index >= 15 is 0 Å². The van der Waals surface area contributed by atoms with E-state index in [1.54, 1.807) is 36.1 Å². The fourth-order valence-electron chi connectivity index (χ4n) is 2.15. The predicted molar refractivity (Wildman–Crippen MR) is 89.2 cm³/mol. The van der Waals surface area contributed by atoms with Gasteiger partial charge in [0.2, 0.25) is 5.91 Å². The number of hydrogen-bond donors (Lipinski definition) is 1. The molecule has 2 amide bonds. The van der Waals surface area contributed by atoms with Crippen LogP contribution < -0.4 is 10.2 Å². The highest BCUT2D eigenvalue weighted by molar-refractivity contribution is 6.06. The summed E-state index contributed by atoms with van der Waals surface area (Å²) in [7, 11) is 0. The van der Waals surface area contributed by atoms with E-state index in [0.29, 0.717) is 24.2 Å². The second-order valence-corrected chi connectivity index (χ2v) is 4.86. The standard InChI is InChI=1S/C18H20N2O2/c1-3-17(21)19-15-12-10-14(11-13-15)18(22)20(4-2)16-8-6-5-7-9-16/h5-13H,3-4H2,1-2H3,(H,19,21). The highest BCUT2D eigenvalue weighted by atomic mass is 16.2. The van der Waals surface area contributed by atoms with Crippen molar-refractivity contribution in [1.29, 1.82) is 0 Å². The molecular weight excluding hydrogens is 276 g/mol. The molecule has 0 aliphatic rings. The number of carbonyl (C=O) groups excluding carboxylic acids is 2. The molecule has 0 spiro atoms. The minimum Gasteiger partial charge on any atom is -0.326 e. The summed E-state index contributed by atoms with van der Waals surface area (Å²) >= 11 is 0. The molecule has 0 bridgehead atoms. The zero-order chi connectivity index (χ0) is 15.9. The van der Waals surface area contributed by atoms with Crippen LogP contribution >= 0.6 is 0 Å². The van der Waals surface area contributed by atoms with E-state index in [9.17, 15) is 9.59 Å². The number of benzene rings is 2. The van der Waals surface area contributed by atoms with Crippen LogP contribution in [0.4, 0.5) is 11.4 Å². The Morgan fingerprint density at radius 3 is 2.14 bits per heavy atom. The molecule has 0 unspecified atom stereocenters. The second kappa shape index (κ2) is 7.41. The molecule has 1 N–H and O–H groups in total. The van der Waals surface area contributed by atoms with Crippen LogP contribution in [0.3, 0.4) is 0 Å². The molecule has 2 aromatic rings. The summed E-state index contributed by atoms with van der Waals surface area (Å²) in [5, 5.41) is 2.77. The maximum atomic E-state index is 12.6. The highest BCUT2D eigenvalue weighted by Gasteiger charge is 2.15. The molecule has 0 saturated carbocycles. The lowest BCUT2D eigenvalue weighted by Gasteiger charge is -2.21. The largest absolute Gasteiger partial charge is 0.326 e. The highest BCUT2D eigenvalue weighted by Crippen LogP contribution is 2.18. The molecule has 0 atom stereocenters. The topological polar surface area (TPSA) is 49.4 Å². The predicted octanol–water partition coefficient (Wildman–Crippen LogP) is 3.70. The Morgan fingerprint density at radius 1 is 0.955 bits per heavy atom. The number of nitrogens with one attached hydrogen (secondary N) is 1. The number of anilines is 2. The quantitative estimate of drug-likeness (QED) is 0.914. The normalized spacial score (nSPS) is 10.1. The monoisotopic (exact) mass is 296 g/mol. The molecule has 4 nitrogen and oxygen atoms in total. The van der Waals surface area contributed by atoms with Crippen LogP contribution in [0.5, 0.6) is 0 Å². The zero-order valence-corrected chi connectivity index (χ0v) is 12.9. The molecule has 0 aliphatic carbocycles. The molecule has 0 fully saturated rings. The Kier molecular flexibility index (Phi) is 5.31. The van der Waals surface area contributed by atoms with Crippen molar-refractivity contribution in [3.05, 3.63) is 60.2 Å². The van der Waals surface area contributed by atoms with Gasteiger partial charge in [-0.2, -0.15) is 0 Å². The number of hydrogen-bond acceptors (Lipinski definition) is 2. The molecule has 22 heavy (non-hydrogen) atoms. The number of rotatable bonds is 5. The Morgan fingerprint density at radius 2 is 1.59 bits per heavy atom. The van der Waals surface area contributed by atoms with Crippen molar-refractivity contribution < 1.29 is 9.59 Å². The molecule has 0 radical (unpaired) electrons. The Bertz CT molecular complexity index is 636. The summed E-state index contributed by atoms with van der Waals surface area (Å²) in [4.78, 5) is 25.7. The minimum atomic E-state index is -0.0536. The van der Waals surface area contributed by atoms with Crippen molar-refractivity contribution in [2.45, 2.75) is 20.3 Å². The van der Waals surface area contributed by atoms with E-state index in [4.69, 9.17) is 0 Å². The number of nitrogens with zero attached hydrogens (tertiary/aromatic N) is 1. The van der Waals surface area contributed by atoms with E-state index in [-0.39, 0.29) is 11.8 Å². The van der Waals surface area contributed by atoms with Crippen LogP contribution in [-0.2, 0) is 4.79 Å². The first-order chi connectivity index (χ1) is 10.7. The Hall–Kier alpha value is -2.62. The van der Waals surface area contributed by atoms with Gasteiger partial charge in [-0.15, -0.1) is 0 Å². The number of amides is 2. The van der Waals surface area contributed by atoms with Gasteiger partial charge in [0.25, 0.3) is 5.91 Å². The maximum absolute atomic E-state index is 12.6. The van der Waals surface area contributed by atoms with Crippen molar-refractivity contribution in [1.82, 2.24) is 0 Å². The van der Waals surface area contributed by atoms with Gasteiger partial charge >= 0.3 is 0 Å². The van der Waals surface area contributed by atoms with Gasteiger partial charge in [-0.1, -0.05) is 25.1 Å². The summed E-state index contributed by atoms with van der Waals surface area (Å²) in [6, 6.07) is 16.5. The van der Waals surface area contributed by atoms with E-state index in [0.717, 1.165) is 5.69 Å². The van der Waals surface area contributed by atoms with Crippen molar-refractivity contribution in [2.24, 2.45) is 0 Å². The van der Waals surface area contributed by atoms with Crippen LogP contribution in [0.1, 0.15) is 30.6 Å². The first-order valence-corrected chi connectivity index (χ1v) is 7.42. The first-order valence-electron chi connectivity index (χ1n) is 7.42. The van der Waals surface area contributed by atoms with Crippen molar-refractivity contribution in [3.63, 3.8) is 0 Å². The maximum Gasteiger partial charge on any atom is 0.258 e. The summed E-state index contributed by atoms with van der Waals surface area (Å²) in [6.45, 7) is 4.34. The Labute approximate surface area is 130 Å². The van der Waals surface area contributed by atoms with Crippen molar-refractivity contribution in [2.75, 3.05) is 16.8 Å². The fraction of sp³-hybridized carbons (Fsp3) is 0.222. The van der Waals surface area contributed by atoms with Crippen LogP contribution in [0.15, 0.2) is 54.6 Å². The van der Waals surface area contributed by atoms with Gasteiger partial charge in [-0.05, 0) is 43.3 Å². The minimum absolute atomic E-state index is 0.0430. The third-order valence-electron chi connectivity index (χ3n) is 3.37. The van der Waals surface area contributed by atoms with Crippen LogP contribution in [0.25, 0.3) is 0 Å². The van der Waals surface area contributed by atoms with E-state index in [1.807, 2.05) is 37.3 Å². The lowest BCUT2D eigenvalue weighted by molar-refractivity contribution is -0.115. The Balaban J connectivity index is 2.16. The molecule has 0 aliphatic heterocycles. The third-order valence-corrected chi connectivity index (χ3v) is 3.37. The van der Waals surface area contributed by atoms with E-state index in [2.05, 4.69) is 5.32 Å². The van der Waals surface area contributed by atoms with Gasteiger partial charge in [-0.25, -0.2) is 0 Å². The van der Waals surface area contributed by atoms with Crippen LogP contribution in [0, 0.1) is 0 Å². The lowest BCUT2D eigenvalue weighted by Crippen LogP contribution is -2.30. The van der Waals surface area contributed by atoms with Crippen molar-refractivity contribution in [3.8, 4) is 0 Å². The number of para-hydroxylation sites is 1. The number of carbonyl (C=O) groups is 2. The molecule has 2 rings (SSSR count). The summed E-state index contributed by atoms with van der Waals surface area (Å²) in [5.74, 6) is -0.0967. The van der Waals surface area contributed by atoms with Gasteiger partial charge in [0.05, 0.1) is 0 Å². The van der Waals surface area contributed by atoms with Gasteiger partial charge < -0.3 is 10.2 Å². The second-order valence-electron chi connectivity index (χ2n) is 4.86. The molecular formula is C18H20N2O2. The van der Waals surface area contributed by atoms with E-state index < -0.39 is 0 Å². The van der Waals surface area contributed by atoms with Gasteiger partial charge in [0, 0.05) is 29.9 Å². The van der Waals surface area contributed by atoms with Gasteiger partial charge in [0.15, 0.2) is 0 Å². The SMILES string of the molecule is CCC(=O)Nc1ccc(C(=O)N(CC)c2ccccc2)cc1. The first kappa shape index (κ1) is 15.8. The average molecular weight is 296 g/mol. The van der Waals surface area contributed by atoms with Gasteiger partial charge in [0.1, 0.15) is 0 Å². The smallest absolute Gasteiger partial charge is 0.258 e. The summed E-state index contributed by atoms with van der Waals surface area (Å²) in [5.41, 5.74) is 2.17. The summed E-state index contributed by atoms with van der Waals surface area (Å²) < 4.78 is 0. The van der Waals surface area contributed by atoms with Crippen LogP contribution in [-0.4, -0.2) is 18.4 Å². The lowest BCUT2D eigenvalue weighted by atomic mass is 10.1. The average Bonchev–Trinajstić information content (AvgIpc) is 2.57. The van der Waals surface area contributed by atoms with Crippen LogP contribution in [0.2, 0.25) is 0 Å². The molecule has 0 heterocycles. The third kappa shape index (κ3) is 3.73. The van der Waals surface area contributed by atoms with Crippen molar-refractivity contribution >= 4 is 23.2 Å². The molecule has 0 aromatic heterocycles. The van der Waals surface area contributed by atoms with E-state index in [1.165, 1.54) is 0 Å². The molecule has 2 aromatic carbocycles. The fourth-order valence-corrected chi connectivity index (χ4v) is 2.15. The van der Waals surface area contributed by atoms with Gasteiger partial charge in [-0.3, -0.25) is 9.59 Å². The molecule has 4 heteroatoms. The molecule has 0 saturated heterocycles. The summed E-state index contributed by atoms with van der Waals surface area (Å²) in [6.07, 6.45) is 0.429. The molecule has 114 valence electrons.